The van der Waals surface area contributed by atoms with Crippen molar-refractivity contribution in [1.82, 2.24) is 20.3 Å². The Kier molecular flexibility index (Phi) is 3.22. The van der Waals surface area contributed by atoms with Crippen molar-refractivity contribution in [3.63, 3.8) is 0 Å². The predicted octanol–water partition coefficient (Wildman–Crippen LogP) is 0.998. The lowest BCUT2D eigenvalue weighted by Gasteiger charge is -2.12. The molecule has 0 saturated heterocycles. The van der Waals surface area contributed by atoms with Gasteiger partial charge in [0.05, 0.1) is 12.2 Å². The van der Waals surface area contributed by atoms with Crippen molar-refractivity contribution in [2.75, 3.05) is 0 Å². The normalized spacial score (nSPS) is 12.4. The Morgan fingerprint density at radius 1 is 1.65 bits per heavy atom. The number of carbonyl (C=O) groups excluding carboxylic acids is 1. The molecular formula is C11H14N4O2. The fourth-order valence-electron chi connectivity index (χ4n) is 1.50. The Hall–Kier alpha value is -2.11. The Labute approximate surface area is 98.6 Å². The Morgan fingerprint density at radius 3 is 3.06 bits per heavy atom. The zero-order valence-corrected chi connectivity index (χ0v) is 9.75. The van der Waals surface area contributed by atoms with E-state index in [0.717, 1.165) is 0 Å². The number of rotatable bonds is 4. The van der Waals surface area contributed by atoms with Crippen LogP contribution in [0.25, 0.3) is 0 Å². The average Bonchev–Trinajstić information content (AvgIpc) is 2.89. The lowest BCUT2D eigenvalue weighted by atomic mass is 10.3. The molecule has 2 aromatic heterocycles. The zero-order chi connectivity index (χ0) is 12.3. The van der Waals surface area contributed by atoms with E-state index in [1.807, 2.05) is 19.2 Å². The van der Waals surface area contributed by atoms with Crippen molar-refractivity contribution in [2.45, 2.75) is 26.4 Å². The van der Waals surface area contributed by atoms with Crippen molar-refractivity contribution >= 4 is 5.91 Å². The minimum absolute atomic E-state index is 0.0344. The topological polar surface area (TPSA) is 73.0 Å². The smallest absolute Gasteiger partial charge is 0.290 e. The highest BCUT2D eigenvalue weighted by molar-refractivity contribution is 5.91. The van der Waals surface area contributed by atoms with Crippen molar-refractivity contribution in [3.05, 3.63) is 36.0 Å². The van der Waals surface area contributed by atoms with Crippen molar-refractivity contribution < 1.29 is 9.32 Å². The molecular weight excluding hydrogens is 220 g/mol. The van der Waals surface area contributed by atoms with Gasteiger partial charge in [0.15, 0.2) is 0 Å². The lowest BCUT2D eigenvalue weighted by Crippen LogP contribution is -2.35. The SMILES string of the molecule is Cc1cc(C(=O)N[C@@H](C)Cn2cccn2)on1. The monoisotopic (exact) mass is 234 g/mol. The van der Waals surface area contributed by atoms with Gasteiger partial charge in [0.25, 0.3) is 5.91 Å². The fourth-order valence-corrected chi connectivity index (χ4v) is 1.50. The first-order chi connectivity index (χ1) is 8.15. The molecule has 2 aromatic rings. The largest absolute Gasteiger partial charge is 0.351 e. The molecule has 0 radical (unpaired) electrons. The molecule has 2 rings (SSSR count). The maximum Gasteiger partial charge on any atom is 0.290 e. The molecule has 2 heterocycles. The maximum absolute atomic E-state index is 11.7. The number of hydrogen-bond acceptors (Lipinski definition) is 4. The molecule has 1 amide bonds. The third-order valence-electron chi connectivity index (χ3n) is 2.25. The number of nitrogens with zero attached hydrogens (tertiary/aromatic N) is 3. The minimum Gasteiger partial charge on any atom is -0.351 e. The molecule has 6 heteroatoms. The van der Waals surface area contributed by atoms with Crippen molar-refractivity contribution in [2.24, 2.45) is 0 Å². The molecule has 0 aliphatic heterocycles. The minimum atomic E-state index is -0.259. The van der Waals surface area contributed by atoms with E-state index in [2.05, 4.69) is 15.6 Å². The molecule has 0 aromatic carbocycles. The highest BCUT2D eigenvalue weighted by Crippen LogP contribution is 2.02. The number of carbonyl (C=O) groups is 1. The highest BCUT2D eigenvalue weighted by atomic mass is 16.5. The maximum atomic E-state index is 11.7. The van der Waals surface area contributed by atoms with Gasteiger partial charge in [-0.05, 0) is 19.9 Å². The standard InChI is InChI=1S/C11H14N4O2/c1-8-6-10(17-14-8)11(16)13-9(2)7-15-5-3-4-12-15/h3-6,9H,7H2,1-2H3,(H,13,16)/t9-/m0/s1. The van der Waals surface area contributed by atoms with Crippen LogP contribution in [0.2, 0.25) is 0 Å². The summed E-state index contributed by atoms with van der Waals surface area (Å²) in [7, 11) is 0. The highest BCUT2D eigenvalue weighted by Gasteiger charge is 2.14. The third kappa shape index (κ3) is 2.93. The van der Waals surface area contributed by atoms with Gasteiger partial charge in [-0.1, -0.05) is 5.16 Å². The Bertz CT molecular complexity index is 489. The fraction of sp³-hybridized carbons (Fsp3) is 0.364. The first kappa shape index (κ1) is 11.4. The van der Waals surface area contributed by atoms with E-state index in [4.69, 9.17) is 4.52 Å². The summed E-state index contributed by atoms with van der Waals surface area (Å²) in [5.74, 6) is -0.0277. The van der Waals surface area contributed by atoms with Crippen LogP contribution in [0.5, 0.6) is 0 Å². The first-order valence-electron chi connectivity index (χ1n) is 5.37. The van der Waals surface area contributed by atoms with Gasteiger partial charge in [-0.25, -0.2) is 0 Å². The van der Waals surface area contributed by atoms with Crippen LogP contribution in [0.4, 0.5) is 0 Å². The molecule has 0 saturated carbocycles. The van der Waals surface area contributed by atoms with Gasteiger partial charge in [-0.3, -0.25) is 9.48 Å². The zero-order valence-electron chi connectivity index (χ0n) is 9.75. The summed E-state index contributed by atoms with van der Waals surface area (Å²) in [6, 6.07) is 3.41. The van der Waals surface area contributed by atoms with Crippen LogP contribution in [0.1, 0.15) is 23.2 Å². The van der Waals surface area contributed by atoms with Gasteiger partial charge in [0.2, 0.25) is 5.76 Å². The van der Waals surface area contributed by atoms with E-state index in [-0.39, 0.29) is 17.7 Å². The molecule has 1 N–H and O–H groups in total. The van der Waals surface area contributed by atoms with Crippen molar-refractivity contribution in [1.29, 1.82) is 0 Å². The van der Waals surface area contributed by atoms with Crippen LogP contribution in [0, 0.1) is 6.92 Å². The van der Waals surface area contributed by atoms with E-state index in [1.54, 1.807) is 23.9 Å². The van der Waals surface area contributed by atoms with Gasteiger partial charge in [0, 0.05) is 24.5 Å². The molecule has 0 bridgehead atoms. The van der Waals surface area contributed by atoms with Crippen LogP contribution in [-0.2, 0) is 6.54 Å². The van der Waals surface area contributed by atoms with Crippen molar-refractivity contribution in [3.8, 4) is 0 Å². The Balaban J connectivity index is 1.90. The molecule has 0 spiro atoms. The molecule has 90 valence electrons. The quantitative estimate of drug-likeness (QED) is 0.856. The number of aromatic nitrogens is 3. The van der Waals surface area contributed by atoms with E-state index in [9.17, 15) is 4.79 Å². The number of nitrogens with one attached hydrogen (secondary N) is 1. The molecule has 0 aliphatic rings. The molecule has 6 nitrogen and oxygen atoms in total. The summed E-state index contributed by atoms with van der Waals surface area (Å²) in [6.07, 6.45) is 3.55. The van der Waals surface area contributed by atoms with Crippen LogP contribution in [0.15, 0.2) is 29.0 Å². The molecule has 1 atom stereocenters. The van der Waals surface area contributed by atoms with Gasteiger partial charge in [-0.2, -0.15) is 5.10 Å². The number of aryl methyl sites for hydroxylation is 1. The first-order valence-corrected chi connectivity index (χ1v) is 5.37. The van der Waals surface area contributed by atoms with E-state index >= 15 is 0 Å². The van der Waals surface area contributed by atoms with Crippen LogP contribution in [0.3, 0.4) is 0 Å². The molecule has 0 aliphatic carbocycles. The van der Waals surface area contributed by atoms with Gasteiger partial charge < -0.3 is 9.84 Å². The molecule has 0 fully saturated rings. The number of hydrogen-bond donors (Lipinski definition) is 1. The second kappa shape index (κ2) is 4.82. The van der Waals surface area contributed by atoms with Crippen LogP contribution < -0.4 is 5.32 Å². The third-order valence-corrected chi connectivity index (χ3v) is 2.25. The summed E-state index contributed by atoms with van der Waals surface area (Å²) in [5.41, 5.74) is 0.690. The van der Waals surface area contributed by atoms with Gasteiger partial charge in [0.1, 0.15) is 0 Å². The summed E-state index contributed by atoms with van der Waals surface area (Å²) < 4.78 is 6.64. The molecule has 0 unspecified atom stereocenters. The van der Waals surface area contributed by atoms with E-state index in [1.165, 1.54) is 0 Å². The second-order valence-electron chi connectivity index (χ2n) is 3.94. The average molecular weight is 234 g/mol. The van der Waals surface area contributed by atoms with Crippen LogP contribution >= 0.6 is 0 Å². The van der Waals surface area contributed by atoms with Gasteiger partial charge in [-0.15, -0.1) is 0 Å². The van der Waals surface area contributed by atoms with Crippen LogP contribution in [-0.4, -0.2) is 26.9 Å². The summed E-state index contributed by atoms with van der Waals surface area (Å²) in [5, 5.41) is 10.6. The van der Waals surface area contributed by atoms with E-state index in [0.29, 0.717) is 12.2 Å². The lowest BCUT2D eigenvalue weighted by molar-refractivity contribution is 0.0898. The predicted molar refractivity (Wildman–Crippen MR) is 60.4 cm³/mol. The summed E-state index contributed by atoms with van der Waals surface area (Å²) >= 11 is 0. The molecule has 17 heavy (non-hydrogen) atoms. The van der Waals surface area contributed by atoms with Gasteiger partial charge >= 0.3 is 0 Å². The Morgan fingerprint density at radius 2 is 2.47 bits per heavy atom. The second-order valence-corrected chi connectivity index (χ2v) is 3.94. The summed E-state index contributed by atoms with van der Waals surface area (Å²) in [6.45, 7) is 4.29. The number of amides is 1. The van der Waals surface area contributed by atoms with E-state index < -0.39 is 0 Å². The summed E-state index contributed by atoms with van der Waals surface area (Å²) in [4.78, 5) is 11.7.